The maximum absolute atomic E-state index is 12.3. The van der Waals surface area contributed by atoms with Gasteiger partial charge in [0.05, 0.1) is 0 Å². The van der Waals surface area contributed by atoms with Gasteiger partial charge in [-0.15, -0.1) is 0 Å². The van der Waals surface area contributed by atoms with E-state index in [4.69, 9.17) is 4.74 Å². The van der Waals surface area contributed by atoms with Crippen molar-refractivity contribution in [3.63, 3.8) is 0 Å². The molecule has 1 amide bonds. The summed E-state index contributed by atoms with van der Waals surface area (Å²) in [6, 6.07) is 0.353. The summed E-state index contributed by atoms with van der Waals surface area (Å²) >= 11 is 0. The van der Waals surface area contributed by atoms with E-state index < -0.39 is 5.60 Å². The Balaban J connectivity index is 1.66. The molecule has 134 valence electrons. The van der Waals surface area contributed by atoms with Gasteiger partial charge in [0.15, 0.2) is 0 Å². The van der Waals surface area contributed by atoms with E-state index in [2.05, 4.69) is 5.32 Å². The molecule has 1 aliphatic heterocycles. The molecule has 0 radical (unpaired) electrons. The number of carbonyl (C=O) groups is 1. The van der Waals surface area contributed by atoms with Crippen molar-refractivity contribution in [3.05, 3.63) is 0 Å². The summed E-state index contributed by atoms with van der Waals surface area (Å²) in [5.41, 5.74) is -0.401. The Morgan fingerprint density at radius 2 is 1.78 bits per heavy atom. The number of likely N-dealkylation sites (tertiary alicyclic amines) is 1. The molecular weight excluding hydrogens is 288 g/mol. The Hall–Kier alpha value is -0.770. The molecule has 1 unspecified atom stereocenters. The first kappa shape index (κ1) is 18.6. The average molecular weight is 325 g/mol. The third-order valence-electron chi connectivity index (χ3n) is 5.07. The highest BCUT2D eigenvalue weighted by atomic mass is 16.6. The maximum atomic E-state index is 12.3. The lowest BCUT2D eigenvalue weighted by molar-refractivity contribution is 0.0220. The van der Waals surface area contributed by atoms with E-state index >= 15 is 0 Å². The summed E-state index contributed by atoms with van der Waals surface area (Å²) < 4.78 is 5.53. The zero-order chi connectivity index (χ0) is 16.7. The van der Waals surface area contributed by atoms with Crippen LogP contribution in [-0.4, -0.2) is 42.3 Å². The topological polar surface area (TPSA) is 41.6 Å². The molecular formula is C19H36N2O2. The lowest BCUT2D eigenvalue weighted by atomic mass is 10.0. The third-order valence-corrected chi connectivity index (χ3v) is 5.07. The van der Waals surface area contributed by atoms with Crippen LogP contribution in [0.4, 0.5) is 4.79 Å². The minimum Gasteiger partial charge on any atom is -0.444 e. The predicted molar refractivity (Wildman–Crippen MR) is 94.6 cm³/mol. The summed E-state index contributed by atoms with van der Waals surface area (Å²) in [6.45, 7) is 8.82. The zero-order valence-corrected chi connectivity index (χ0v) is 15.4. The fraction of sp³-hybridized carbons (Fsp3) is 0.947. The van der Waals surface area contributed by atoms with Gasteiger partial charge in [-0.25, -0.2) is 4.79 Å². The molecule has 0 spiro atoms. The van der Waals surface area contributed by atoms with E-state index in [0.717, 1.165) is 44.8 Å². The fourth-order valence-electron chi connectivity index (χ4n) is 3.84. The number of hydrogen-bond donors (Lipinski definition) is 1. The molecule has 1 saturated carbocycles. The van der Waals surface area contributed by atoms with Gasteiger partial charge in [0.1, 0.15) is 5.60 Å². The summed E-state index contributed by atoms with van der Waals surface area (Å²) in [5, 5.41) is 3.64. The Morgan fingerprint density at radius 1 is 1.09 bits per heavy atom. The maximum Gasteiger partial charge on any atom is 0.410 e. The molecule has 0 aromatic rings. The van der Waals surface area contributed by atoms with Crippen molar-refractivity contribution in [3.8, 4) is 0 Å². The van der Waals surface area contributed by atoms with Gasteiger partial charge in [0.25, 0.3) is 0 Å². The molecule has 1 atom stereocenters. The molecule has 1 N–H and O–H groups in total. The monoisotopic (exact) mass is 324 g/mol. The van der Waals surface area contributed by atoms with Gasteiger partial charge < -0.3 is 15.0 Å². The molecule has 2 rings (SSSR count). The lowest BCUT2D eigenvalue weighted by Crippen LogP contribution is -2.41. The van der Waals surface area contributed by atoms with Crippen LogP contribution in [0.1, 0.15) is 78.6 Å². The second-order valence-corrected chi connectivity index (χ2v) is 8.32. The first-order valence-electron chi connectivity index (χ1n) is 9.66. The van der Waals surface area contributed by atoms with Crippen molar-refractivity contribution in [2.75, 3.05) is 19.6 Å². The molecule has 0 bridgehead atoms. The van der Waals surface area contributed by atoms with Crippen molar-refractivity contribution >= 4 is 6.09 Å². The largest absolute Gasteiger partial charge is 0.444 e. The summed E-state index contributed by atoms with van der Waals surface area (Å²) in [4.78, 5) is 14.2. The SMILES string of the molecule is CC(C)(C)OC(=O)N1CCCC1CCNCC1CCCCCC1. The highest BCUT2D eigenvalue weighted by Gasteiger charge is 2.31. The number of carbonyl (C=O) groups excluding carboxylic acids is 1. The van der Waals surface area contributed by atoms with Crippen LogP contribution in [0.15, 0.2) is 0 Å². The van der Waals surface area contributed by atoms with Gasteiger partial charge in [-0.05, 0) is 71.9 Å². The highest BCUT2D eigenvalue weighted by Crippen LogP contribution is 2.24. The van der Waals surface area contributed by atoms with E-state index in [-0.39, 0.29) is 6.09 Å². The van der Waals surface area contributed by atoms with Crippen LogP contribution in [0.25, 0.3) is 0 Å². The van der Waals surface area contributed by atoms with E-state index in [1.54, 1.807) is 0 Å². The van der Waals surface area contributed by atoms with Gasteiger partial charge in [-0.1, -0.05) is 25.7 Å². The van der Waals surface area contributed by atoms with E-state index in [0.29, 0.717) is 6.04 Å². The Kier molecular flexibility index (Phi) is 7.19. The number of nitrogens with zero attached hydrogens (tertiary/aromatic N) is 1. The second kappa shape index (κ2) is 8.91. The van der Waals surface area contributed by atoms with Crippen LogP contribution < -0.4 is 5.32 Å². The predicted octanol–water partition coefficient (Wildman–Crippen LogP) is 4.34. The van der Waals surface area contributed by atoms with E-state index in [1.165, 1.54) is 38.5 Å². The number of amides is 1. The highest BCUT2D eigenvalue weighted by molar-refractivity contribution is 5.68. The molecule has 1 aliphatic carbocycles. The van der Waals surface area contributed by atoms with Crippen molar-refractivity contribution in [2.45, 2.75) is 90.2 Å². The van der Waals surface area contributed by atoms with Gasteiger partial charge in [-0.3, -0.25) is 0 Å². The first-order valence-corrected chi connectivity index (χ1v) is 9.66. The second-order valence-electron chi connectivity index (χ2n) is 8.32. The van der Waals surface area contributed by atoms with Crippen molar-refractivity contribution in [1.82, 2.24) is 10.2 Å². The summed E-state index contributed by atoms with van der Waals surface area (Å²) in [7, 11) is 0. The van der Waals surface area contributed by atoms with Gasteiger partial charge in [0, 0.05) is 12.6 Å². The molecule has 23 heavy (non-hydrogen) atoms. The van der Waals surface area contributed by atoms with Crippen molar-refractivity contribution in [1.29, 1.82) is 0 Å². The molecule has 1 saturated heterocycles. The van der Waals surface area contributed by atoms with Crippen molar-refractivity contribution < 1.29 is 9.53 Å². The number of hydrogen-bond acceptors (Lipinski definition) is 3. The lowest BCUT2D eigenvalue weighted by Gasteiger charge is -2.28. The van der Waals surface area contributed by atoms with Crippen LogP contribution in [0.2, 0.25) is 0 Å². The smallest absolute Gasteiger partial charge is 0.410 e. The minimum absolute atomic E-state index is 0.135. The Bertz CT molecular complexity index is 357. The molecule has 2 fully saturated rings. The fourth-order valence-corrected chi connectivity index (χ4v) is 3.84. The molecule has 4 nitrogen and oxygen atoms in total. The Morgan fingerprint density at radius 3 is 2.43 bits per heavy atom. The zero-order valence-electron chi connectivity index (χ0n) is 15.4. The van der Waals surface area contributed by atoms with E-state index in [1.807, 2.05) is 25.7 Å². The van der Waals surface area contributed by atoms with Gasteiger partial charge in [-0.2, -0.15) is 0 Å². The molecule has 0 aromatic heterocycles. The van der Waals surface area contributed by atoms with Crippen LogP contribution >= 0.6 is 0 Å². The van der Waals surface area contributed by atoms with Crippen molar-refractivity contribution in [2.24, 2.45) is 5.92 Å². The first-order chi connectivity index (χ1) is 11.0. The normalized spacial score (nSPS) is 23.8. The summed E-state index contributed by atoms with van der Waals surface area (Å²) in [6.07, 6.45) is 11.6. The number of rotatable bonds is 5. The quantitative estimate of drug-likeness (QED) is 0.604. The summed E-state index contributed by atoms with van der Waals surface area (Å²) in [5.74, 6) is 0.864. The molecule has 2 aliphatic rings. The molecule has 1 heterocycles. The standard InChI is InChI=1S/C19H36N2O2/c1-19(2,3)23-18(22)21-14-8-11-17(21)12-13-20-15-16-9-6-4-5-7-10-16/h16-17,20H,4-15H2,1-3H3. The Labute approximate surface area is 142 Å². The molecule has 4 heteroatoms. The van der Waals surface area contributed by atoms with E-state index in [9.17, 15) is 4.79 Å². The third kappa shape index (κ3) is 6.70. The van der Waals surface area contributed by atoms with Crippen LogP contribution in [0.3, 0.4) is 0 Å². The van der Waals surface area contributed by atoms with Gasteiger partial charge in [0.2, 0.25) is 0 Å². The van der Waals surface area contributed by atoms with Crippen LogP contribution in [0.5, 0.6) is 0 Å². The van der Waals surface area contributed by atoms with Crippen LogP contribution in [-0.2, 0) is 4.74 Å². The van der Waals surface area contributed by atoms with Gasteiger partial charge >= 0.3 is 6.09 Å². The number of ether oxygens (including phenoxy) is 1. The minimum atomic E-state index is -0.401. The molecule has 0 aromatic carbocycles. The number of nitrogens with one attached hydrogen (secondary N) is 1. The average Bonchev–Trinajstić information content (AvgIpc) is 2.78. The van der Waals surface area contributed by atoms with Crippen LogP contribution in [0, 0.1) is 5.92 Å².